The summed E-state index contributed by atoms with van der Waals surface area (Å²) in [6.45, 7) is 0. The van der Waals surface area contributed by atoms with Gasteiger partial charge in [0.2, 0.25) is 0 Å². The van der Waals surface area contributed by atoms with E-state index in [0.717, 1.165) is 0 Å². The first-order valence-electron chi connectivity index (χ1n) is 3.23. The van der Waals surface area contributed by atoms with E-state index in [9.17, 15) is 3.89 Å². The van der Waals surface area contributed by atoms with Crippen molar-refractivity contribution in [1.82, 2.24) is 0 Å². The van der Waals surface area contributed by atoms with Gasteiger partial charge in [-0.2, -0.15) is 22.1 Å². The van der Waals surface area contributed by atoms with E-state index in [4.69, 9.17) is 17.8 Å². The van der Waals surface area contributed by atoms with Crippen molar-refractivity contribution >= 4 is 19.6 Å². The molecular weight excluding hydrogens is 275 g/mol. The maximum absolute atomic E-state index is 10.2. The lowest BCUT2D eigenvalue weighted by Crippen LogP contribution is -2.45. The van der Waals surface area contributed by atoms with E-state index in [0.29, 0.717) is 0 Å². The fourth-order valence-corrected chi connectivity index (χ4v) is 1.07. The molecule has 0 aromatic heterocycles. The fraction of sp³-hybridized carbons (Fsp3) is 1.00. The smallest absolute Gasteiger partial charge is 0.363 e. The van der Waals surface area contributed by atoms with E-state index >= 15 is 0 Å². The summed E-state index contributed by atoms with van der Waals surface area (Å²) in [5.41, 5.74) is 0. The molecule has 0 fully saturated rings. The molecule has 16 heavy (non-hydrogen) atoms. The van der Waals surface area contributed by atoms with Crippen LogP contribution >= 0.6 is 0 Å². The van der Waals surface area contributed by atoms with Crippen LogP contribution in [0.15, 0.2) is 0 Å². The summed E-state index contributed by atoms with van der Waals surface area (Å²) < 4.78 is 46.7. The van der Waals surface area contributed by atoms with Crippen LogP contribution in [0.5, 0.6) is 0 Å². The number of halogens is 1. The SMILES string of the molecule is COO[Si](O)(OOC)OOC.O=S(=O)(O)F. The van der Waals surface area contributed by atoms with E-state index in [2.05, 4.69) is 28.4 Å². The molecule has 0 rings (SSSR count). The van der Waals surface area contributed by atoms with Crippen LogP contribution in [0.25, 0.3) is 0 Å². The Labute approximate surface area is 91.7 Å². The first kappa shape index (κ1) is 18.2. The highest BCUT2D eigenvalue weighted by Crippen LogP contribution is 2.05. The molecule has 0 saturated heterocycles. The second-order valence-corrected chi connectivity index (χ2v) is 4.06. The molecule has 10 nitrogen and oxygen atoms in total. The Bertz CT molecular complexity index is 230. The monoisotopic (exact) mass is 286 g/mol. The maximum atomic E-state index is 10.2. The molecule has 0 unspecified atom stereocenters. The van der Waals surface area contributed by atoms with Crippen LogP contribution in [0.1, 0.15) is 0 Å². The molecule has 0 atom stereocenters. The molecule has 0 heterocycles. The lowest BCUT2D eigenvalue weighted by atomic mass is 11.8. The van der Waals surface area contributed by atoms with Gasteiger partial charge >= 0.3 is 19.6 Å². The molecule has 0 spiro atoms. The third-order valence-electron chi connectivity index (χ3n) is 0.566. The van der Waals surface area contributed by atoms with Gasteiger partial charge in [0.1, 0.15) is 0 Å². The third-order valence-corrected chi connectivity index (χ3v) is 1.70. The van der Waals surface area contributed by atoms with Gasteiger partial charge in [-0.15, -0.1) is 0 Å². The van der Waals surface area contributed by atoms with Crippen molar-refractivity contribution in [2.75, 3.05) is 21.3 Å². The van der Waals surface area contributed by atoms with Crippen LogP contribution in [0.2, 0.25) is 0 Å². The van der Waals surface area contributed by atoms with Gasteiger partial charge in [-0.3, -0.25) is 4.55 Å². The molecule has 0 saturated carbocycles. The molecule has 0 aromatic rings. The second-order valence-electron chi connectivity index (χ2n) is 1.69. The van der Waals surface area contributed by atoms with Gasteiger partial charge in [-0.05, 0) is 0 Å². The van der Waals surface area contributed by atoms with Crippen LogP contribution in [-0.2, 0) is 38.9 Å². The zero-order valence-electron chi connectivity index (χ0n) is 8.45. The first-order valence-corrected chi connectivity index (χ1v) is 6.24. The van der Waals surface area contributed by atoms with Crippen LogP contribution in [0, 0.1) is 0 Å². The van der Waals surface area contributed by atoms with Crippen molar-refractivity contribution in [3.05, 3.63) is 0 Å². The van der Waals surface area contributed by atoms with Crippen molar-refractivity contribution in [2.45, 2.75) is 0 Å². The summed E-state index contributed by atoms with van der Waals surface area (Å²) in [5.74, 6) is 0. The summed E-state index contributed by atoms with van der Waals surface area (Å²) in [4.78, 5) is 21.4. The van der Waals surface area contributed by atoms with Crippen LogP contribution < -0.4 is 0 Å². The summed E-state index contributed by atoms with van der Waals surface area (Å²) >= 11 is 0. The van der Waals surface area contributed by atoms with Gasteiger partial charge in [-0.25, -0.2) is 14.7 Å². The average molecular weight is 286 g/mol. The van der Waals surface area contributed by atoms with Gasteiger partial charge in [0, 0.05) is 0 Å². The Morgan fingerprint density at radius 2 is 1.19 bits per heavy atom. The molecule has 0 bridgehead atoms. The molecule has 0 aromatic carbocycles. The highest BCUT2D eigenvalue weighted by atomic mass is 32.3. The minimum atomic E-state index is -5.17. The Balaban J connectivity index is 0. The second kappa shape index (κ2) is 8.88. The zero-order chi connectivity index (χ0) is 13.2. The Morgan fingerprint density at radius 3 is 1.31 bits per heavy atom. The van der Waals surface area contributed by atoms with Gasteiger partial charge in [0.25, 0.3) is 0 Å². The standard InChI is InChI=1S/C3H10O7Si.FHO3S/c1-5-8-11(4,9-6-2)10-7-3;1-5(2,3)4/h4H,1-3H3;(H,2,3,4). The van der Waals surface area contributed by atoms with Gasteiger partial charge in [-0.1, -0.05) is 3.89 Å². The molecule has 2 N–H and O–H groups in total. The van der Waals surface area contributed by atoms with Gasteiger partial charge in [0.05, 0.1) is 21.3 Å². The lowest BCUT2D eigenvalue weighted by molar-refractivity contribution is -0.366. The summed E-state index contributed by atoms with van der Waals surface area (Å²) in [5, 5.41) is 0. The molecule has 0 amide bonds. The van der Waals surface area contributed by atoms with Crippen molar-refractivity contribution in [1.29, 1.82) is 0 Å². The highest BCUT2D eigenvalue weighted by Gasteiger charge is 2.47. The predicted octanol–water partition coefficient (Wildman–Crippen LogP) is -1.09. The maximum Gasteiger partial charge on any atom is 0.761 e. The Kier molecular flexibility index (Phi) is 10.1. The normalized spacial score (nSPS) is 11.9. The van der Waals surface area contributed by atoms with Crippen LogP contribution in [0.4, 0.5) is 3.89 Å². The van der Waals surface area contributed by atoms with Crippen LogP contribution in [-0.4, -0.2) is 48.1 Å². The van der Waals surface area contributed by atoms with Gasteiger partial charge in [0.15, 0.2) is 0 Å². The third kappa shape index (κ3) is 16.2. The minimum absolute atomic E-state index is 1.18. The average Bonchev–Trinajstić information content (AvgIpc) is 2.01. The Hall–Kier alpha value is -0.223. The van der Waals surface area contributed by atoms with Crippen molar-refractivity contribution in [3.63, 3.8) is 0 Å². The lowest BCUT2D eigenvalue weighted by Gasteiger charge is -2.15. The van der Waals surface area contributed by atoms with E-state index in [1.807, 2.05) is 0 Å². The molecule has 0 aliphatic heterocycles. The quantitative estimate of drug-likeness (QED) is 0.204. The molecule has 13 heteroatoms. The van der Waals surface area contributed by atoms with E-state index in [1.54, 1.807) is 0 Å². The van der Waals surface area contributed by atoms with Crippen molar-refractivity contribution < 1.29 is 50.0 Å². The van der Waals surface area contributed by atoms with Crippen LogP contribution in [0.3, 0.4) is 0 Å². The summed E-state index contributed by atoms with van der Waals surface area (Å²) in [7, 11) is -5.55. The summed E-state index contributed by atoms with van der Waals surface area (Å²) in [6, 6.07) is 0. The first-order chi connectivity index (χ1) is 7.18. The number of hydrogen-bond acceptors (Lipinski definition) is 9. The highest BCUT2D eigenvalue weighted by molar-refractivity contribution is 7.80. The van der Waals surface area contributed by atoms with Crippen molar-refractivity contribution in [3.8, 4) is 0 Å². The molecule has 100 valence electrons. The van der Waals surface area contributed by atoms with E-state index < -0.39 is 19.6 Å². The largest absolute Gasteiger partial charge is 0.761 e. The molecule has 0 aliphatic rings. The van der Waals surface area contributed by atoms with E-state index in [-0.39, 0.29) is 0 Å². The molecule has 0 radical (unpaired) electrons. The topological polar surface area (TPSA) is 130 Å². The molecule has 0 aliphatic carbocycles. The minimum Gasteiger partial charge on any atom is -0.363 e. The number of rotatable bonds is 6. The van der Waals surface area contributed by atoms with E-state index in [1.165, 1.54) is 21.3 Å². The molecular formula is C3H11FO10SSi. The van der Waals surface area contributed by atoms with Gasteiger partial charge < -0.3 is 4.80 Å². The zero-order valence-corrected chi connectivity index (χ0v) is 10.3. The Morgan fingerprint density at radius 1 is 1.00 bits per heavy atom. The number of hydrogen-bond donors (Lipinski definition) is 2. The van der Waals surface area contributed by atoms with Crippen molar-refractivity contribution in [2.24, 2.45) is 0 Å². The fourth-order valence-electron chi connectivity index (χ4n) is 0.358. The summed E-state index contributed by atoms with van der Waals surface area (Å²) in [6.07, 6.45) is 0. The predicted molar refractivity (Wildman–Crippen MR) is 44.9 cm³/mol.